The van der Waals surface area contributed by atoms with Gasteiger partial charge in [0.15, 0.2) is 0 Å². The SMILES string of the molecule is O=C1CCN1c1cccc(CO)c1. The topological polar surface area (TPSA) is 40.5 Å². The van der Waals surface area contributed by atoms with Crippen LogP contribution < -0.4 is 4.90 Å². The molecule has 1 aliphatic rings. The van der Waals surface area contributed by atoms with Crippen molar-refractivity contribution in [2.24, 2.45) is 0 Å². The van der Waals surface area contributed by atoms with Gasteiger partial charge in [0.2, 0.25) is 5.91 Å². The summed E-state index contributed by atoms with van der Waals surface area (Å²) >= 11 is 0. The lowest BCUT2D eigenvalue weighted by Gasteiger charge is -2.30. The Morgan fingerprint density at radius 2 is 2.31 bits per heavy atom. The Morgan fingerprint density at radius 3 is 2.85 bits per heavy atom. The summed E-state index contributed by atoms with van der Waals surface area (Å²) in [5, 5.41) is 8.90. The van der Waals surface area contributed by atoms with Gasteiger partial charge in [-0.3, -0.25) is 4.79 Å². The predicted octanol–water partition coefficient (Wildman–Crippen LogP) is 0.916. The Morgan fingerprint density at radius 1 is 1.46 bits per heavy atom. The maximum Gasteiger partial charge on any atom is 0.228 e. The summed E-state index contributed by atoms with van der Waals surface area (Å²) in [6, 6.07) is 7.42. The van der Waals surface area contributed by atoms with Gasteiger partial charge in [-0.2, -0.15) is 0 Å². The number of aliphatic hydroxyl groups excluding tert-OH is 1. The van der Waals surface area contributed by atoms with Crippen LogP contribution in [-0.2, 0) is 11.4 Å². The highest BCUT2D eigenvalue weighted by atomic mass is 16.3. The molecule has 13 heavy (non-hydrogen) atoms. The molecule has 3 heteroatoms. The average molecular weight is 177 g/mol. The minimum Gasteiger partial charge on any atom is -0.392 e. The Balaban J connectivity index is 2.24. The van der Waals surface area contributed by atoms with Crippen molar-refractivity contribution < 1.29 is 9.90 Å². The van der Waals surface area contributed by atoms with E-state index < -0.39 is 0 Å². The lowest BCUT2D eigenvalue weighted by Crippen LogP contribution is -2.43. The third kappa shape index (κ3) is 1.42. The maximum absolute atomic E-state index is 11.1. The second kappa shape index (κ2) is 3.18. The number of carbonyl (C=O) groups excluding carboxylic acids is 1. The van der Waals surface area contributed by atoms with Gasteiger partial charge in [0.05, 0.1) is 6.61 Å². The Kier molecular flexibility index (Phi) is 2.02. The van der Waals surface area contributed by atoms with Gasteiger partial charge in [-0.15, -0.1) is 0 Å². The van der Waals surface area contributed by atoms with Crippen LogP contribution in [0.5, 0.6) is 0 Å². The van der Waals surface area contributed by atoms with Crippen molar-refractivity contribution in [2.45, 2.75) is 13.0 Å². The fourth-order valence-corrected chi connectivity index (χ4v) is 1.41. The van der Waals surface area contributed by atoms with E-state index in [1.165, 1.54) is 0 Å². The van der Waals surface area contributed by atoms with Gasteiger partial charge >= 0.3 is 0 Å². The van der Waals surface area contributed by atoms with E-state index in [0.717, 1.165) is 17.8 Å². The summed E-state index contributed by atoms with van der Waals surface area (Å²) < 4.78 is 0. The molecule has 68 valence electrons. The Bertz CT molecular complexity index is 335. The van der Waals surface area contributed by atoms with Gasteiger partial charge in [-0.05, 0) is 17.7 Å². The molecule has 0 bridgehead atoms. The van der Waals surface area contributed by atoms with Crippen molar-refractivity contribution >= 4 is 11.6 Å². The van der Waals surface area contributed by atoms with E-state index in [4.69, 9.17) is 5.11 Å². The van der Waals surface area contributed by atoms with Crippen molar-refractivity contribution in [3.63, 3.8) is 0 Å². The molecule has 0 radical (unpaired) electrons. The second-order valence-corrected chi connectivity index (χ2v) is 3.12. The molecule has 0 aliphatic carbocycles. The molecule has 1 aliphatic heterocycles. The number of β-lactam (4-membered cyclic amide) rings is 1. The van der Waals surface area contributed by atoms with E-state index in [9.17, 15) is 4.79 Å². The van der Waals surface area contributed by atoms with E-state index >= 15 is 0 Å². The molecule has 1 amide bonds. The molecular weight excluding hydrogens is 166 g/mol. The summed E-state index contributed by atoms with van der Waals surface area (Å²) in [6.45, 7) is 0.823. The largest absolute Gasteiger partial charge is 0.392 e. The molecule has 1 aromatic carbocycles. The number of hydrogen-bond acceptors (Lipinski definition) is 2. The molecule has 3 nitrogen and oxygen atoms in total. The third-order valence-corrected chi connectivity index (χ3v) is 2.26. The van der Waals surface area contributed by atoms with Gasteiger partial charge in [0.1, 0.15) is 0 Å². The van der Waals surface area contributed by atoms with E-state index in [2.05, 4.69) is 0 Å². The molecule has 1 N–H and O–H groups in total. The minimum absolute atomic E-state index is 0.0237. The predicted molar refractivity (Wildman–Crippen MR) is 49.3 cm³/mol. The number of carbonyl (C=O) groups is 1. The van der Waals surface area contributed by atoms with Gasteiger partial charge in [-0.25, -0.2) is 0 Å². The summed E-state index contributed by atoms with van der Waals surface area (Å²) in [5.74, 6) is 0.162. The zero-order chi connectivity index (χ0) is 9.26. The standard InChI is InChI=1S/C10H11NO2/c12-7-8-2-1-3-9(6-8)11-5-4-10(11)13/h1-3,6,12H,4-5,7H2. The van der Waals surface area contributed by atoms with Crippen molar-refractivity contribution in [1.29, 1.82) is 0 Å². The molecule has 0 atom stereocenters. The van der Waals surface area contributed by atoms with Crippen LogP contribution in [0.25, 0.3) is 0 Å². The third-order valence-electron chi connectivity index (χ3n) is 2.26. The molecular formula is C10H11NO2. The first-order valence-corrected chi connectivity index (χ1v) is 4.31. The summed E-state index contributed by atoms with van der Waals surface area (Å²) in [5.41, 5.74) is 1.74. The molecule has 1 fully saturated rings. The van der Waals surface area contributed by atoms with Crippen molar-refractivity contribution in [1.82, 2.24) is 0 Å². The minimum atomic E-state index is 0.0237. The number of anilines is 1. The number of benzene rings is 1. The first-order chi connectivity index (χ1) is 6.31. The number of hydrogen-bond donors (Lipinski definition) is 1. The molecule has 1 aromatic rings. The van der Waals surface area contributed by atoms with E-state index in [-0.39, 0.29) is 12.5 Å². The highest BCUT2D eigenvalue weighted by Gasteiger charge is 2.24. The van der Waals surface area contributed by atoms with Gasteiger partial charge in [-0.1, -0.05) is 12.1 Å². The molecule has 0 aromatic heterocycles. The second-order valence-electron chi connectivity index (χ2n) is 3.12. The van der Waals surface area contributed by atoms with Crippen LogP contribution in [0, 0.1) is 0 Å². The van der Waals surface area contributed by atoms with Gasteiger partial charge < -0.3 is 10.0 Å². The zero-order valence-corrected chi connectivity index (χ0v) is 7.23. The quantitative estimate of drug-likeness (QED) is 0.682. The molecule has 0 unspecified atom stereocenters. The van der Waals surface area contributed by atoms with E-state index in [0.29, 0.717) is 6.42 Å². The molecule has 2 rings (SSSR count). The van der Waals surface area contributed by atoms with E-state index in [1.54, 1.807) is 4.90 Å². The summed E-state index contributed by atoms with van der Waals surface area (Å²) in [7, 11) is 0. The molecule has 1 heterocycles. The van der Waals surface area contributed by atoms with Crippen LogP contribution >= 0.6 is 0 Å². The van der Waals surface area contributed by atoms with Crippen LogP contribution in [0.1, 0.15) is 12.0 Å². The van der Waals surface area contributed by atoms with Crippen LogP contribution in [0.2, 0.25) is 0 Å². The van der Waals surface area contributed by atoms with Crippen LogP contribution in [0.3, 0.4) is 0 Å². The van der Waals surface area contributed by atoms with Gasteiger partial charge in [0, 0.05) is 18.7 Å². The Labute approximate surface area is 76.6 Å². The number of aliphatic hydroxyl groups is 1. The highest BCUT2D eigenvalue weighted by Crippen LogP contribution is 2.22. The normalized spacial score (nSPS) is 15.8. The smallest absolute Gasteiger partial charge is 0.228 e. The molecule has 0 saturated carbocycles. The molecule has 1 saturated heterocycles. The van der Waals surface area contributed by atoms with Crippen LogP contribution in [-0.4, -0.2) is 17.6 Å². The van der Waals surface area contributed by atoms with E-state index in [1.807, 2.05) is 24.3 Å². The fraction of sp³-hybridized carbons (Fsp3) is 0.300. The van der Waals surface area contributed by atoms with Crippen LogP contribution in [0.4, 0.5) is 5.69 Å². The number of nitrogens with zero attached hydrogens (tertiary/aromatic N) is 1. The van der Waals surface area contributed by atoms with Crippen molar-refractivity contribution in [3.8, 4) is 0 Å². The fourth-order valence-electron chi connectivity index (χ4n) is 1.41. The van der Waals surface area contributed by atoms with Crippen LogP contribution in [0.15, 0.2) is 24.3 Å². The summed E-state index contributed by atoms with van der Waals surface area (Å²) in [6.07, 6.45) is 0.642. The van der Waals surface area contributed by atoms with Crippen molar-refractivity contribution in [2.75, 3.05) is 11.4 Å². The lowest BCUT2D eigenvalue weighted by atomic mass is 10.1. The lowest BCUT2D eigenvalue weighted by molar-refractivity contribution is -0.122. The maximum atomic E-state index is 11.1. The Hall–Kier alpha value is -1.35. The van der Waals surface area contributed by atoms with Crippen molar-refractivity contribution in [3.05, 3.63) is 29.8 Å². The summed E-state index contributed by atoms with van der Waals surface area (Å²) in [4.78, 5) is 12.8. The molecule has 0 spiro atoms. The monoisotopic (exact) mass is 177 g/mol. The first-order valence-electron chi connectivity index (χ1n) is 4.31. The average Bonchev–Trinajstić information content (AvgIpc) is 2.16. The number of rotatable bonds is 2. The highest BCUT2D eigenvalue weighted by molar-refractivity contribution is 5.99. The number of amides is 1. The first kappa shape index (κ1) is 8.26. The zero-order valence-electron chi connectivity index (χ0n) is 7.23. The van der Waals surface area contributed by atoms with Gasteiger partial charge in [0.25, 0.3) is 0 Å².